The number of amides is 2. The molecule has 0 heterocycles. The van der Waals surface area contributed by atoms with Crippen LogP contribution in [0.25, 0.3) is 0 Å². The Morgan fingerprint density at radius 3 is 2.57 bits per heavy atom. The fourth-order valence-electron chi connectivity index (χ4n) is 2.15. The van der Waals surface area contributed by atoms with Crippen LogP contribution < -0.4 is 10.6 Å². The molecule has 1 aromatic rings. The second kappa shape index (κ2) is 8.45. The number of nitrogens with one attached hydrogen (secondary N) is 2. The summed E-state index contributed by atoms with van der Waals surface area (Å²) in [5.74, 6) is -0.217. The lowest BCUT2D eigenvalue weighted by molar-refractivity contribution is -0.128. The van der Waals surface area contributed by atoms with Crippen molar-refractivity contribution in [3.8, 4) is 0 Å². The zero-order valence-electron chi connectivity index (χ0n) is 13.5. The Hall–Kier alpha value is -1.84. The highest BCUT2D eigenvalue weighted by atomic mass is 16.2. The summed E-state index contributed by atoms with van der Waals surface area (Å²) in [6, 6.07) is 5.76. The summed E-state index contributed by atoms with van der Waals surface area (Å²) in [5.41, 5.74) is 3.61. The number of carbonyl (C=O) groups is 2. The van der Waals surface area contributed by atoms with Gasteiger partial charge in [0.25, 0.3) is 0 Å². The summed E-state index contributed by atoms with van der Waals surface area (Å²) < 4.78 is 0. The van der Waals surface area contributed by atoms with Gasteiger partial charge in [-0.25, -0.2) is 0 Å². The van der Waals surface area contributed by atoms with Gasteiger partial charge in [0.2, 0.25) is 11.8 Å². The van der Waals surface area contributed by atoms with Crippen LogP contribution in [0.3, 0.4) is 0 Å². The minimum atomic E-state index is -0.483. The van der Waals surface area contributed by atoms with Crippen LogP contribution in [0.4, 0.5) is 0 Å². The van der Waals surface area contributed by atoms with Crippen molar-refractivity contribution in [3.63, 3.8) is 0 Å². The van der Waals surface area contributed by atoms with E-state index in [1.165, 1.54) is 16.7 Å². The summed E-state index contributed by atoms with van der Waals surface area (Å²) in [7, 11) is 0. The molecule has 2 N–H and O–H groups in total. The topological polar surface area (TPSA) is 58.2 Å². The molecule has 0 spiro atoms. The molecule has 1 aromatic carbocycles. The summed E-state index contributed by atoms with van der Waals surface area (Å²) in [6.45, 7) is 8.45. The minimum Gasteiger partial charge on any atom is -0.354 e. The first kappa shape index (κ1) is 17.2. The van der Waals surface area contributed by atoms with Crippen molar-refractivity contribution in [2.45, 2.75) is 53.0 Å². The quantitative estimate of drug-likeness (QED) is 0.809. The maximum atomic E-state index is 11.9. The summed E-state index contributed by atoms with van der Waals surface area (Å²) in [4.78, 5) is 23.6. The first-order valence-electron chi connectivity index (χ1n) is 7.57. The molecule has 0 aliphatic rings. The molecule has 1 atom stereocenters. The molecule has 0 aliphatic carbocycles. The van der Waals surface area contributed by atoms with E-state index >= 15 is 0 Å². The van der Waals surface area contributed by atoms with Gasteiger partial charge in [0.15, 0.2) is 0 Å². The molecule has 4 heteroatoms. The van der Waals surface area contributed by atoms with E-state index in [0.717, 1.165) is 6.42 Å². The number of benzene rings is 1. The highest BCUT2D eigenvalue weighted by Gasteiger charge is 2.14. The molecule has 0 saturated heterocycles. The molecule has 1 unspecified atom stereocenters. The monoisotopic (exact) mass is 290 g/mol. The van der Waals surface area contributed by atoms with Crippen molar-refractivity contribution >= 4 is 11.8 Å². The molecule has 21 heavy (non-hydrogen) atoms. The van der Waals surface area contributed by atoms with Gasteiger partial charge < -0.3 is 10.6 Å². The van der Waals surface area contributed by atoms with Crippen LogP contribution in [0.2, 0.25) is 0 Å². The normalized spacial score (nSPS) is 11.8. The average Bonchev–Trinajstić information content (AvgIpc) is 2.43. The summed E-state index contributed by atoms with van der Waals surface area (Å²) in [6.07, 6.45) is 1.98. The van der Waals surface area contributed by atoms with Crippen LogP contribution in [0, 0.1) is 13.8 Å². The molecule has 0 aromatic heterocycles. The molecule has 0 bridgehead atoms. The predicted molar refractivity (Wildman–Crippen MR) is 85.1 cm³/mol. The third-order valence-corrected chi connectivity index (χ3v) is 3.44. The van der Waals surface area contributed by atoms with E-state index in [-0.39, 0.29) is 11.8 Å². The maximum absolute atomic E-state index is 11.9. The van der Waals surface area contributed by atoms with E-state index in [1.807, 2.05) is 6.92 Å². The van der Waals surface area contributed by atoms with Crippen LogP contribution in [-0.4, -0.2) is 24.4 Å². The van der Waals surface area contributed by atoms with Crippen molar-refractivity contribution in [1.29, 1.82) is 0 Å². The van der Waals surface area contributed by atoms with Crippen LogP contribution in [-0.2, 0) is 16.0 Å². The lowest BCUT2D eigenvalue weighted by Crippen LogP contribution is -2.45. The number of carbonyl (C=O) groups excluding carboxylic acids is 2. The largest absolute Gasteiger partial charge is 0.354 e. The summed E-state index contributed by atoms with van der Waals surface area (Å²) >= 11 is 0. The zero-order chi connectivity index (χ0) is 15.8. The molecular formula is C17H26N2O2. The lowest BCUT2D eigenvalue weighted by atomic mass is 10.0. The zero-order valence-corrected chi connectivity index (χ0v) is 13.5. The third-order valence-electron chi connectivity index (χ3n) is 3.44. The van der Waals surface area contributed by atoms with E-state index < -0.39 is 6.04 Å². The highest BCUT2D eigenvalue weighted by molar-refractivity contribution is 5.87. The van der Waals surface area contributed by atoms with Crippen molar-refractivity contribution < 1.29 is 9.59 Å². The standard InChI is InChI=1S/C17H26N2O2/c1-5-10-18-17(21)14(4)19-16(20)9-8-15-7-6-12(2)11-13(15)3/h6-7,11,14H,5,8-10H2,1-4H3,(H,18,21)(H,19,20). The van der Waals surface area contributed by atoms with Crippen molar-refractivity contribution in [2.24, 2.45) is 0 Å². The molecular weight excluding hydrogens is 264 g/mol. The number of aryl methyl sites for hydroxylation is 3. The van der Waals surface area contributed by atoms with Gasteiger partial charge in [0.1, 0.15) is 6.04 Å². The van der Waals surface area contributed by atoms with Gasteiger partial charge in [-0.3, -0.25) is 9.59 Å². The minimum absolute atomic E-state index is 0.0888. The van der Waals surface area contributed by atoms with Gasteiger partial charge in [0.05, 0.1) is 0 Å². The Bertz CT molecular complexity index is 498. The van der Waals surface area contributed by atoms with Crippen LogP contribution in [0.15, 0.2) is 18.2 Å². The van der Waals surface area contributed by atoms with Gasteiger partial charge in [-0.05, 0) is 44.7 Å². The second-order valence-electron chi connectivity index (χ2n) is 5.51. The van der Waals surface area contributed by atoms with Gasteiger partial charge >= 0.3 is 0 Å². The summed E-state index contributed by atoms with van der Waals surface area (Å²) in [5, 5.41) is 5.51. The van der Waals surface area contributed by atoms with Crippen molar-refractivity contribution in [1.82, 2.24) is 10.6 Å². The molecule has 1 rings (SSSR count). The lowest BCUT2D eigenvalue weighted by Gasteiger charge is -2.14. The first-order chi connectivity index (χ1) is 9.93. The molecule has 116 valence electrons. The van der Waals surface area contributed by atoms with E-state index in [1.54, 1.807) is 6.92 Å². The van der Waals surface area contributed by atoms with Crippen molar-refractivity contribution in [2.75, 3.05) is 6.54 Å². The average molecular weight is 290 g/mol. The van der Waals surface area contributed by atoms with Crippen LogP contribution in [0.5, 0.6) is 0 Å². The van der Waals surface area contributed by atoms with Gasteiger partial charge in [-0.15, -0.1) is 0 Å². The number of rotatable bonds is 7. The first-order valence-corrected chi connectivity index (χ1v) is 7.57. The maximum Gasteiger partial charge on any atom is 0.242 e. The van der Waals surface area contributed by atoms with Gasteiger partial charge in [-0.1, -0.05) is 30.7 Å². The van der Waals surface area contributed by atoms with Crippen molar-refractivity contribution in [3.05, 3.63) is 34.9 Å². The molecule has 0 aliphatic heterocycles. The van der Waals surface area contributed by atoms with Gasteiger partial charge in [0, 0.05) is 13.0 Å². The Labute approximate surface area is 127 Å². The number of hydrogen-bond donors (Lipinski definition) is 2. The second-order valence-corrected chi connectivity index (χ2v) is 5.51. The Morgan fingerprint density at radius 1 is 1.24 bits per heavy atom. The molecule has 0 saturated carbocycles. The Morgan fingerprint density at radius 2 is 1.95 bits per heavy atom. The van der Waals surface area contributed by atoms with Crippen LogP contribution >= 0.6 is 0 Å². The Kier molecular flexibility index (Phi) is 6.92. The smallest absolute Gasteiger partial charge is 0.242 e. The van der Waals surface area contributed by atoms with Gasteiger partial charge in [-0.2, -0.15) is 0 Å². The third kappa shape index (κ3) is 5.98. The van der Waals surface area contributed by atoms with E-state index in [2.05, 4.69) is 42.7 Å². The molecule has 2 amide bonds. The fraction of sp³-hybridized carbons (Fsp3) is 0.529. The Balaban J connectivity index is 2.41. The molecule has 4 nitrogen and oxygen atoms in total. The number of hydrogen-bond acceptors (Lipinski definition) is 2. The SMILES string of the molecule is CCCNC(=O)C(C)NC(=O)CCc1ccc(C)cc1C. The predicted octanol–water partition coefficient (Wildman–Crippen LogP) is 2.27. The van der Waals surface area contributed by atoms with E-state index in [9.17, 15) is 9.59 Å². The molecule has 0 radical (unpaired) electrons. The van der Waals surface area contributed by atoms with E-state index in [0.29, 0.717) is 19.4 Å². The van der Waals surface area contributed by atoms with E-state index in [4.69, 9.17) is 0 Å². The fourth-order valence-corrected chi connectivity index (χ4v) is 2.15. The highest BCUT2D eigenvalue weighted by Crippen LogP contribution is 2.12. The van der Waals surface area contributed by atoms with Crippen LogP contribution in [0.1, 0.15) is 43.4 Å². The molecule has 0 fully saturated rings.